The lowest BCUT2D eigenvalue weighted by Gasteiger charge is -2.19. The summed E-state index contributed by atoms with van der Waals surface area (Å²) in [5, 5.41) is 6.09. The maximum absolute atomic E-state index is 11.8. The van der Waals surface area contributed by atoms with E-state index in [1.54, 1.807) is 0 Å². The van der Waals surface area contributed by atoms with E-state index in [1.165, 1.54) is 24.0 Å². The fourth-order valence-corrected chi connectivity index (χ4v) is 2.86. The number of aryl methyl sites for hydroxylation is 1. The van der Waals surface area contributed by atoms with Crippen LogP contribution in [-0.2, 0) is 17.6 Å². The molecule has 84 valence electrons. The second-order valence-electron chi connectivity index (χ2n) is 4.59. The van der Waals surface area contributed by atoms with Crippen molar-refractivity contribution in [2.24, 2.45) is 0 Å². The largest absolute Gasteiger partial charge is 0.324 e. The molecule has 0 aromatic heterocycles. The van der Waals surface area contributed by atoms with Crippen molar-refractivity contribution in [3.05, 3.63) is 28.8 Å². The van der Waals surface area contributed by atoms with Crippen LogP contribution in [0.3, 0.4) is 0 Å². The topological polar surface area (TPSA) is 41.1 Å². The SMILES string of the molecule is CNC1C(=O)Nc2c1ccc1c2CCCC1. The van der Waals surface area contributed by atoms with Crippen LogP contribution in [0.1, 0.15) is 35.6 Å². The minimum Gasteiger partial charge on any atom is -0.324 e. The Hall–Kier alpha value is -1.35. The zero-order chi connectivity index (χ0) is 11.1. The first-order chi connectivity index (χ1) is 7.81. The van der Waals surface area contributed by atoms with Gasteiger partial charge in [-0.25, -0.2) is 0 Å². The first-order valence-corrected chi connectivity index (χ1v) is 5.94. The summed E-state index contributed by atoms with van der Waals surface area (Å²) in [5.74, 6) is 0.0801. The predicted molar refractivity (Wildman–Crippen MR) is 63.5 cm³/mol. The molecule has 0 bridgehead atoms. The molecule has 1 heterocycles. The number of anilines is 1. The Labute approximate surface area is 95.2 Å². The lowest BCUT2D eigenvalue weighted by Crippen LogP contribution is -2.23. The van der Waals surface area contributed by atoms with Crippen molar-refractivity contribution in [2.45, 2.75) is 31.7 Å². The number of likely N-dealkylation sites (N-methyl/N-ethyl adjacent to an activating group) is 1. The lowest BCUT2D eigenvalue weighted by atomic mass is 9.88. The van der Waals surface area contributed by atoms with Crippen molar-refractivity contribution in [3.63, 3.8) is 0 Å². The van der Waals surface area contributed by atoms with E-state index < -0.39 is 0 Å². The van der Waals surface area contributed by atoms with E-state index in [1.807, 2.05) is 7.05 Å². The maximum atomic E-state index is 11.8. The highest BCUT2D eigenvalue weighted by Crippen LogP contribution is 2.38. The summed E-state index contributed by atoms with van der Waals surface area (Å²) in [6.45, 7) is 0. The molecule has 0 radical (unpaired) electrons. The predicted octanol–water partition coefficient (Wildman–Crippen LogP) is 1.78. The zero-order valence-corrected chi connectivity index (χ0v) is 9.47. The molecule has 1 unspecified atom stereocenters. The van der Waals surface area contributed by atoms with Gasteiger partial charge >= 0.3 is 0 Å². The Morgan fingerprint density at radius 1 is 1.31 bits per heavy atom. The molecule has 1 aromatic carbocycles. The van der Waals surface area contributed by atoms with E-state index >= 15 is 0 Å². The number of nitrogens with one attached hydrogen (secondary N) is 2. The molecule has 1 aliphatic carbocycles. The van der Waals surface area contributed by atoms with Gasteiger partial charge in [-0.3, -0.25) is 4.79 Å². The smallest absolute Gasteiger partial charge is 0.246 e. The monoisotopic (exact) mass is 216 g/mol. The van der Waals surface area contributed by atoms with Crippen molar-refractivity contribution in [1.82, 2.24) is 5.32 Å². The number of rotatable bonds is 1. The van der Waals surface area contributed by atoms with Crippen molar-refractivity contribution >= 4 is 11.6 Å². The molecule has 1 amide bonds. The standard InChI is InChI=1S/C13H16N2O/c1-14-12-10-7-6-8-4-2-3-5-9(8)11(10)15-13(12)16/h6-7,12,14H,2-5H2,1H3,(H,15,16). The maximum Gasteiger partial charge on any atom is 0.246 e. The van der Waals surface area contributed by atoms with Gasteiger partial charge < -0.3 is 10.6 Å². The lowest BCUT2D eigenvalue weighted by molar-refractivity contribution is -0.117. The highest BCUT2D eigenvalue weighted by Gasteiger charge is 2.32. The molecule has 0 saturated carbocycles. The van der Waals surface area contributed by atoms with Crippen LogP contribution in [0.2, 0.25) is 0 Å². The van der Waals surface area contributed by atoms with Gasteiger partial charge in [-0.05, 0) is 43.9 Å². The van der Waals surface area contributed by atoms with Crippen LogP contribution >= 0.6 is 0 Å². The molecule has 3 nitrogen and oxygen atoms in total. The van der Waals surface area contributed by atoms with E-state index in [9.17, 15) is 4.79 Å². The summed E-state index contributed by atoms with van der Waals surface area (Å²) < 4.78 is 0. The summed E-state index contributed by atoms with van der Waals surface area (Å²) >= 11 is 0. The van der Waals surface area contributed by atoms with Gasteiger partial charge in [-0.1, -0.05) is 12.1 Å². The molecular formula is C13H16N2O. The van der Waals surface area contributed by atoms with Crippen molar-refractivity contribution in [3.8, 4) is 0 Å². The normalized spacial score (nSPS) is 22.6. The van der Waals surface area contributed by atoms with Crippen molar-refractivity contribution < 1.29 is 4.79 Å². The number of carbonyl (C=O) groups excluding carboxylic acids is 1. The average molecular weight is 216 g/mol. The van der Waals surface area contributed by atoms with Gasteiger partial charge in [0.15, 0.2) is 0 Å². The second-order valence-corrected chi connectivity index (χ2v) is 4.59. The van der Waals surface area contributed by atoms with Crippen LogP contribution in [0.4, 0.5) is 5.69 Å². The highest BCUT2D eigenvalue weighted by atomic mass is 16.2. The van der Waals surface area contributed by atoms with Gasteiger partial charge in [0, 0.05) is 11.3 Å². The van der Waals surface area contributed by atoms with Gasteiger partial charge in [0.05, 0.1) is 0 Å². The van der Waals surface area contributed by atoms with Gasteiger partial charge in [0.2, 0.25) is 5.91 Å². The van der Waals surface area contributed by atoms with Crippen molar-refractivity contribution in [1.29, 1.82) is 0 Å². The zero-order valence-electron chi connectivity index (χ0n) is 9.47. The summed E-state index contributed by atoms with van der Waals surface area (Å²) in [6.07, 6.45) is 4.77. The second kappa shape index (κ2) is 3.59. The summed E-state index contributed by atoms with van der Waals surface area (Å²) in [7, 11) is 1.83. The fourth-order valence-electron chi connectivity index (χ4n) is 2.86. The average Bonchev–Trinajstić information content (AvgIpc) is 2.65. The highest BCUT2D eigenvalue weighted by molar-refractivity contribution is 6.03. The van der Waals surface area contributed by atoms with Crippen LogP contribution in [0, 0.1) is 0 Å². The number of fused-ring (bicyclic) bond motifs is 3. The molecule has 0 spiro atoms. The minimum atomic E-state index is -0.165. The molecule has 3 heteroatoms. The first kappa shape index (κ1) is 9.85. The third-order valence-corrected chi connectivity index (χ3v) is 3.68. The summed E-state index contributed by atoms with van der Waals surface area (Å²) in [5.41, 5.74) is 4.99. The van der Waals surface area contributed by atoms with Crippen LogP contribution < -0.4 is 10.6 Å². The molecule has 3 rings (SSSR count). The van der Waals surface area contributed by atoms with Crippen LogP contribution in [0.5, 0.6) is 0 Å². The number of hydrogen-bond acceptors (Lipinski definition) is 2. The molecule has 16 heavy (non-hydrogen) atoms. The minimum absolute atomic E-state index is 0.0801. The molecule has 2 aliphatic rings. The van der Waals surface area contributed by atoms with Crippen LogP contribution in [0.25, 0.3) is 0 Å². The van der Waals surface area contributed by atoms with E-state index in [0.717, 1.165) is 24.1 Å². The third kappa shape index (κ3) is 1.28. The molecule has 2 N–H and O–H groups in total. The van der Waals surface area contributed by atoms with E-state index in [2.05, 4.69) is 22.8 Å². The van der Waals surface area contributed by atoms with Crippen molar-refractivity contribution in [2.75, 3.05) is 12.4 Å². The van der Waals surface area contributed by atoms with E-state index in [-0.39, 0.29) is 11.9 Å². The Bertz CT molecular complexity index is 453. The molecule has 0 fully saturated rings. The summed E-state index contributed by atoms with van der Waals surface area (Å²) in [6, 6.07) is 4.12. The van der Waals surface area contributed by atoms with Crippen LogP contribution in [0.15, 0.2) is 12.1 Å². The van der Waals surface area contributed by atoms with Gasteiger partial charge in [0.25, 0.3) is 0 Å². The number of carbonyl (C=O) groups is 1. The van der Waals surface area contributed by atoms with Gasteiger partial charge in [-0.2, -0.15) is 0 Å². The van der Waals surface area contributed by atoms with E-state index in [0.29, 0.717) is 0 Å². The molecule has 1 aliphatic heterocycles. The van der Waals surface area contributed by atoms with Gasteiger partial charge in [0.1, 0.15) is 6.04 Å². The first-order valence-electron chi connectivity index (χ1n) is 5.94. The number of hydrogen-bond donors (Lipinski definition) is 2. The molecule has 1 atom stereocenters. The fraction of sp³-hybridized carbons (Fsp3) is 0.462. The van der Waals surface area contributed by atoms with Crippen LogP contribution in [-0.4, -0.2) is 13.0 Å². The quantitative estimate of drug-likeness (QED) is 0.751. The molecular weight excluding hydrogens is 200 g/mol. The van der Waals surface area contributed by atoms with E-state index in [4.69, 9.17) is 0 Å². The molecule has 0 saturated heterocycles. The Balaban J connectivity index is 2.13. The Morgan fingerprint density at radius 2 is 2.12 bits per heavy atom. The third-order valence-electron chi connectivity index (χ3n) is 3.68. The van der Waals surface area contributed by atoms with Gasteiger partial charge in [-0.15, -0.1) is 0 Å². The Morgan fingerprint density at radius 3 is 2.94 bits per heavy atom. The summed E-state index contributed by atoms with van der Waals surface area (Å²) in [4.78, 5) is 11.8. The number of amides is 1. The number of benzene rings is 1. The Kier molecular flexibility index (Phi) is 2.21. The molecule has 1 aromatic rings.